The molecule has 0 saturated heterocycles. The zero-order valence-corrected chi connectivity index (χ0v) is 14.5. The average Bonchev–Trinajstić information content (AvgIpc) is 3.41. The average molecular weight is 324 g/mol. The summed E-state index contributed by atoms with van der Waals surface area (Å²) in [5, 5.41) is 3.09. The Morgan fingerprint density at radius 3 is 2.38 bits per heavy atom. The molecule has 2 aromatic carbocycles. The van der Waals surface area contributed by atoms with Crippen molar-refractivity contribution in [2.45, 2.75) is 18.3 Å². The van der Waals surface area contributed by atoms with Gasteiger partial charge in [0.25, 0.3) is 5.91 Å². The summed E-state index contributed by atoms with van der Waals surface area (Å²) in [6, 6.07) is 15.7. The molecule has 4 heteroatoms. The third-order valence-corrected chi connectivity index (χ3v) is 4.77. The number of para-hydroxylation sites is 1. The number of benzene rings is 2. The molecule has 1 fully saturated rings. The zero-order valence-electron chi connectivity index (χ0n) is 14.5. The number of carbonyl (C=O) groups excluding carboxylic acids is 1. The van der Waals surface area contributed by atoms with Gasteiger partial charge in [-0.25, -0.2) is 0 Å². The number of carbonyl (C=O) groups is 1. The van der Waals surface area contributed by atoms with E-state index < -0.39 is 0 Å². The number of rotatable bonds is 6. The van der Waals surface area contributed by atoms with E-state index in [0.29, 0.717) is 12.1 Å². The number of hydrogen-bond acceptors (Lipinski definition) is 3. The number of nitrogens with one attached hydrogen (secondary N) is 1. The quantitative estimate of drug-likeness (QED) is 0.887. The van der Waals surface area contributed by atoms with Crippen molar-refractivity contribution in [1.29, 1.82) is 0 Å². The monoisotopic (exact) mass is 324 g/mol. The molecule has 0 aliphatic heterocycles. The minimum absolute atomic E-state index is 0.0197. The number of ether oxygens (including phenoxy) is 1. The van der Waals surface area contributed by atoms with E-state index in [2.05, 4.69) is 11.4 Å². The first-order valence-corrected chi connectivity index (χ1v) is 8.25. The van der Waals surface area contributed by atoms with Crippen LogP contribution in [-0.2, 0) is 5.41 Å². The topological polar surface area (TPSA) is 41.6 Å². The molecule has 1 aliphatic carbocycles. The largest absolute Gasteiger partial charge is 0.496 e. The third kappa shape index (κ3) is 3.23. The van der Waals surface area contributed by atoms with Gasteiger partial charge in [-0.3, -0.25) is 4.79 Å². The maximum absolute atomic E-state index is 12.4. The zero-order chi connectivity index (χ0) is 17.2. The normalized spacial score (nSPS) is 14.8. The fraction of sp³-hybridized carbons (Fsp3) is 0.350. The summed E-state index contributed by atoms with van der Waals surface area (Å²) < 4.78 is 5.48. The number of anilines is 1. The van der Waals surface area contributed by atoms with Crippen molar-refractivity contribution in [1.82, 2.24) is 5.32 Å². The van der Waals surface area contributed by atoms with Gasteiger partial charge in [0, 0.05) is 42.9 Å². The molecule has 2 aromatic rings. The van der Waals surface area contributed by atoms with Crippen LogP contribution >= 0.6 is 0 Å². The lowest BCUT2D eigenvalue weighted by molar-refractivity contribution is 0.0949. The predicted molar refractivity (Wildman–Crippen MR) is 97.0 cm³/mol. The molecule has 1 aliphatic rings. The highest BCUT2D eigenvalue weighted by atomic mass is 16.5. The Labute approximate surface area is 143 Å². The van der Waals surface area contributed by atoms with Crippen LogP contribution in [0.2, 0.25) is 0 Å². The van der Waals surface area contributed by atoms with Crippen LogP contribution in [0.25, 0.3) is 0 Å². The molecule has 24 heavy (non-hydrogen) atoms. The van der Waals surface area contributed by atoms with Crippen LogP contribution in [0, 0.1) is 0 Å². The van der Waals surface area contributed by atoms with Crippen LogP contribution in [-0.4, -0.2) is 33.7 Å². The van der Waals surface area contributed by atoms with E-state index in [9.17, 15) is 4.79 Å². The molecule has 4 nitrogen and oxygen atoms in total. The van der Waals surface area contributed by atoms with Crippen molar-refractivity contribution < 1.29 is 9.53 Å². The van der Waals surface area contributed by atoms with E-state index in [-0.39, 0.29) is 11.3 Å². The van der Waals surface area contributed by atoms with Crippen LogP contribution in [0.5, 0.6) is 5.75 Å². The Morgan fingerprint density at radius 1 is 1.12 bits per heavy atom. The smallest absolute Gasteiger partial charge is 0.251 e. The van der Waals surface area contributed by atoms with E-state index in [0.717, 1.165) is 24.3 Å². The second-order valence-corrected chi connectivity index (χ2v) is 6.60. The first kappa shape index (κ1) is 16.4. The van der Waals surface area contributed by atoms with Crippen molar-refractivity contribution in [3.8, 4) is 5.75 Å². The van der Waals surface area contributed by atoms with Crippen LogP contribution in [0.3, 0.4) is 0 Å². The van der Waals surface area contributed by atoms with Gasteiger partial charge in [0.05, 0.1) is 7.11 Å². The molecule has 1 N–H and O–H groups in total. The van der Waals surface area contributed by atoms with Gasteiger partial charge in [0.1, 0.15) is 5.75 Å². The third-order valence-electron chi connectivity index (χ3n) is 4.77. The van der Waals surface area contributed by atoms with E-state index in [1.807, 2.05) is 61.5 Å². The van der Waals surface area contributed by atoms with Crippen molar-refractivity contribution >= 4 is 11.6 Å². The van der Waals surface area contributed by atoms with E-state index >= 15 is 0 Å². The molecule has 0 unspecified atom stereocenters. The predicted octanol–water partition coefficient (Wildman–Crippen LogP) is 3.22. The summed E-state index contributed by atoms with van der Waals surface area (Å²) in [5.74, 6) is 0.876. The fourth-order valence-electron chi connectivity index (χ4n) is 3.04. The van der Waals surface area contributed by atoms with Crippen LogP contribution < -0.4 is 15.0 Å². The van der Waals surface area contributed by atoms with Gasteiger partial charge in [-0.2, -0.15) is 0 Å². The molecule has 0 aromatic heterocycles. The second-order valence-electron chi connectivity index (χ2n) is 6.60. The molecule has 0 atom stereocenters. The van der Waals surface area contributed by atoms with Gasteiger partial charge in [0.15, 0.2) is 0 Å². The Balaban J connectivity index is 1.68. The summed E-state index contributed by atoms with van der Waals surface area (Å²) in [4.78, 5) is 14.4. The highest BCUT2D eigenvalue weighted by Gasteiger charge is 2.46. The SMILES string of the molecule is COc1ccccc1C1(CNC(=O)c2ccc(N(C)C)cc2)CC1. The number of methoxy groups -OCH3 is 1. The molecular formula is C20H24N2O2. The maximum atomic E-state index is 12.4. The summed E-state index contributed by atoms with van der Waals surface area (Å²) in [7, 11) is 5.66. The molecule has 1 amide bonds. The van der Waals surface area contributed by atoms with Crippen LogP contribution in [0.15, 0.2) is 48.5 Å². The highest BCUT2D eigenvalue weighted by Crippen LogP contribution is 2.50. The molecule has 3 rings (SSSR count). The molecule has 0 bridgehead atoms. The van der Waals surface area contributed by atoms with E-state index in [1.165, 1.54) is 5.56 Å². The standard InChI is InChI=1S/C20H24N2O2/c1-22(2)16-10-8-15(9-11-16)19(23)21-14-20(12-13-20)17-6-4-5-7-18(17)24-3/h4-11H,12-14H2,1-3H3,(H,21,23). The number of amides is 1. The molecule has 0 spiro atoms. The molecule has 0 heterocycles. The summed E-state index contributed by atoms with van der Waals surface area (Å²) in [6.07, 6.45) is 2.15. The van der Waals surface area contributed by atoms with Gasteiger partial charge in [-0.05, 0) is 43.2 Å². The molecule has 126 valence electrons. The molecule has 1 saturated carbocycles. The number of hydrogen-bond donors (Lipinski definition) is 1. The van der Waals surface area contributed by atoms with E-state index in [4.69, 9.17) is 4.74 Å². The molecule has 0 radical (unpaired) electrons. The lowest BCUT2D eigenvalue weighted by atomic mass is 9.94. The first-order chi connectivity index (χ1) is 11.6. The van der Waals surface area contributed by atoms with Crippen LogP contribution in [0.1, 0.15) is 28.8 Å². The first-order valence-electron chi connectivity index (χ1n) is 8.25. The van der Waals surface area contributed by atoms with Gasteiger partial charge in [-0.15, -0.1) is 0 Å². The van der Waals surface area contributed by atoms with Gasteiger partial charge >= 0.3 is 0 Å². The van der Waals surface area contributed by atoms with Crippen molar-refractivity contribution in [2.24, 2.45) is 0 Å². The summed E-state index contributed by atoms with van der Waals surface area (Å²) >= 11 is 0. The Hall–Kier alpha value is -2.49. The lowest BCUT2D eigenvalue weighted by Crippen LogP contribution is -2.32. The Morgan fingerprint density at radius 2 is 1.79 bits per heavy atom. The van der Waals surface area contributed by atoms with Crippen molar-refractivity contribution in [3.05, 3.63) is 59.7 Å². The summed E-state index contributed by atoms with van der Waals surface area (Å²) in [5.41, 5.74) is 2.98. The van der Waals surface area contributed by atoms with Crippen LogP contribution in [0.4, 0.5) is 5.69 Å². The fourth-order valence-corrected chi connectivity index (χ4v) is 3.04. The van der Waals surface area contributed by atoms with Gasteiger partial charge in [-0.1, -0.05) is 18.2 Å². The van der Waals surface area contributed by atoms with Gasteiger partial charge in [0.2, 0.25) is 0 Å². The minimum Gasteiger partial charge on any atom is -0.496 e. The van der Waals surface area contributed by atoms with E-state index in [1.54, 1.807) is 7.11 Å². The Bertz CT molecular complexity index is 719. The Kier molecular flexibility index (Phi) is 4.47. The summed E-state index contributed by atoms with van der Waals surface area (Å²) in [6.45, 7) is 0.641. The van der Waals surface area contributed by atoms with Crippen molar-refractivity contribution in [3.63, 3.8) is 0 Å². The molecular weight excluding hydrogens is 300 g/mol. The number of nitrogens with zero attached hydrogens (tertiary/aromatic N) is 1. The van der Waals surface area contributed by atoms with Crippen molar-refractivity contribution in [2.75, 3.05) is 32.6 Å². The maximum Gasteiger partial charge on any atom is 0.251 e. The van der Waals surface area contributed by atoms with Gasteiger partial charge < -0.3 is 15.0 Å². The second kappa shape index (κ2) is 6.56. The minimum atomic E-state index is -0.0264. The lowest BCUT2D eigenvalue weighted by Gasteiger charge is -2.19. The highest BCUT2D eigenvalue weighted by molar-refractivity contribution is 5.94.